The van der Waals surface area contributed by atoms with Gasteiger partial charge in [-0.2, -0.15) is 4.98 Å². The molecule has 2 aromatic rings. The van der Waals surface area contributed by atoms with Gasteiger partial charge in [0.1, 0.15) is 6.10 Å². The fraction of sp³-hybridized carbons (Fsp3) is 0.435. The Morgan fingerprint density at radius 1 is 1.15 bits per heavy atom. The number of nitrogens with zero attached hydrogens (tertiary/aromatic N) is 4. The molecule has 0 spiro atoms. The lowest BCUT2D eigenvalue weighted by Gasteiger charge is -2.34. The first-order valence-corrected chi connectivity index (χ1v) is 10.8. The summed E-state index contributed by atoms with van der Waals surface area (Å²) in [5, 5.41) is 19.5. The monoisotopic (exact) mass is 474 g/mol. The number of aromatic nitrogens is 2. The second-order valence-electron chi connectivity index (χ2n) is 7.95. The number of para-hydroxylation sites is 1. The number of rotatable bonds is 6. The van der Waals surface area contributed by atoms with Crippen LogP contribution in [-0.4, -0.2) is 75.6 Å². The van der Waals surface area contributed by atoms with Crippen LogP contribution in [0.5, 0.6) is 0 Å². The first-order chi connectivity index (χ1) is 16.1. The molecule has 11 heteroatoms. The minimum Gasteiger partial charge on any atom is -0.478 e. The molecule has 1 fully saturated rings. The molecule has 0 radical (unpaired) electrons. The topological polar surface area (TPSA) is 146 Å². The van der Waals surface area contributed by atoms with Crippen LogP contribution in [0, 0.1) is 6.92 Å². The predicted octanol–water partition coefficient (Wildman–Crippen LogP) is 3.20. The van der Waals surface area contributed by atoms with E-state index >= 15 is 0 Å². The lowest BCUT2D eigenvalue weighted by Crippen LogP contribution is -2.42. The van der Waals surface area contributed by atoms with Crippen LogP contribution in [-0.2, 0) is 14.3 Å². The number of amides is 1. The molecule has 1 aliphatic heterocycles. The zero-order valence-electron chi connectivity index (χ0n) is 19.7. The van der Waals surface area contributed by atoms with E-state index in [9.17, 15) is 14.4 Å². The number of aryl methyl sites for hydroxylation is 1. The van der Waals surface area contributed by atoms with Gasteiger partial charge < -0.3 is 24.4 Å². The van der Waals surface area contributed by atoms with Crippen molar-refractivity contribution in [3.05, 3.63) is 42.2 Å². The minimum absolute atomic E-state index is 0.0437. The number of hydrogen-bond acceptors (Lipinski definition) is 8. The maximum Gasteiger partial charge on any atom is 0.414 e. The van der Waals surface area contributed by atoms with E-state index in [2.05, 4.69) is 28.9 Å². The molecular weight excluding hydrogens is 444 g/mol. The third kappa shape index (κ3) is 8.00. The maximum atomic E-state index is 12.6. The zero-order valence-corrected chi connectivity index (χ0v) is 19.7. The molecule has 2 N–H and O–H groups in total. The van der Waals surface area contributed by atoms with Crippen molar-refractivity contribution in [3.8, 4) is 11.5 Å². The van der Waals surface area contributed by atoms with Crippen LogP contribution in [0.3, 0.4) is 0 Å². The third-order valence-corrected chi connectivity index (χ3v) is 5.14. The first-order valence-electron chi connectivity index (χ1n) is 10.8. The summed E-state index contributed by atoms with van der Waals surface area (Å²) in [4.78, 5) is 39.9. The van der Waals surface area contributed by atoms with E-state index in [-0.39, 0.29) is 12.2 Å². The first kappa shape index (κ1) is 26.5. The molecule has 0 unspecified atom stereocenters. The van der Waals surface area contributed by atoms with Gasteiger partial charge in [-0.05, 0) is 45.7 Å². The Balaban J connectivity index is 0.000000440. The van der Waals surface area contributed by atoms with Gasteiger partial charge >= 0.3 is 18.0 Å². The Kier molecular flexibility index (Phi) is 9.75. The lowest BCUT2D eigenvalue weighted by molar-refractivity contribution is -0.134. The largest absolute Gasteiger partial charge is 0.478 e. The maximum absolute atomic E-state index is 12.6. The summed E-state index contributed by atoms with van der Waals surface area (Å²) < 4.78 is 11.0. The molecule has 11 nitrogen and oxygen atoms in total. The van der Waals surface area contributed by atoms with Crippen LogP contribution in [0.1, 0.15) is 32.5 Å². The summed E-state index contributed by atoms with van der Waals surface area (Å²) in [6.45, 7) is 8.05. The SMILES string of the molecule is Cc1noc(-c2ccccc2N(C)C(=O)OC2CCN(C(C)C)CC2)n1.O=C(O)/C=C\C(=O)O. The number of carbonyl (C=O) groups excluding carboxylic acids is 1. The molecule has 1 aromatic heterocycles. The van der Waals surface area contributed by atoms with Crippen molar-refractivity contribution in [2.45, 2.75) is 45.8 Å². The second-order valence-corrected chi connectivity index (χ2v) is 7.95. The van der Waals surface area contributed by atoms with Crippen molar-refractivity contribution in [2.75, 3.05) is 25.0 Å². The molecule has 1 aliphatic rings. The van der Waals surface area contributed by atoms with Gasteiger partial charge in [0, 0.05) is 38.3 Å². The van der Waals surface area contributed by atoms with Gasteiger partial charge in [0.15, 0.2) is 5.82 Å². The molecule has 0 atom stereocenters. The van der Waals surface area contributed by atoms with E-state index in [1.807, 2.05) is 24.3 Å². The van der Waals surface area contributed by atoms with Gasteiger partial charge in [-0.15, -0.1) is 0 Å². The number of ether oxygens (including phenoxy) is 1. The normalized spacial score (nSPS) is 14.5. The van der Waals surface area contributed by atoms with E-state index < -0.39 is 11.9 Å². The number of likely N-dealkylation sites (tertiary alicyclic amines) is 1. The van der Waals surface area contributed by atoms with Crippen LogP contribution >= 0.6 is 0 Å². The average Bonchev–Trinajstić information content (AvgIpc) is 3.24. The smallest absolute Gasteiger partial charge is 0.414 e. The van der Waals surface area contributed by atoms with E-state index in [0.29, 0.717) is 41.2 Å². The zero-order chi connectivity index (χ0) is 25.3. The molecule has 0 aliphatic carbocycles. The highest BCUT2D eigenvalue weighted by molar-refractivity contribution is 5.92. The molecule has 3 rings (SSSR count). The molecule has 1 saturated heterocycles. The summed E-state index contributed by atoms with van der Waals surface area (Å²) in [5.41, 5.74) is 1.39. The van der Waals surface area contributed by atoms with Crippen molar-refractivity contribution in [3.63, 3.8) is 0 Å². The van der Waals surface area contributed by atoms with Gasteiger partial charge in [-0.25, -0.2) is 14.4 Å². The highest BCUT2D eigenvalue weighted by atomic mass is 16.6. The van der Waals surface area contributed by atoms with Crippen molar-refractivity contribution in [2.24, 2.45) is 0 Å². The summed E-state index contributed by atoms with van der Waals surface area (Å²) in [6, 6.07) is 7.97. The highest BCUT2D eigenvalue weighted by Crippen LogP contribution is 2.29. The number of anilines is 1. The predicted molar refractivity (Wildman–Crippen MR) is 123 cm³/mol. The number of piperidine rings is 1. The number of carboxylic acids is 2. The fourth-order valence-corrected chi connectivity index (χ4v) is 3.33. The Bertz CT molecular complexity index is 994. The van der Waals surface area contributed by atoms with Gasteiger partial charge in [0.05, 0.1) is 11.3 Å². The molecule has 0 bridgehead atoms. The number of carboxylic acid groups (broad SMARTS) is 2. The molecule has 184 valence electrons. The van der Waals surface area contributed by atoms with Gasteiger partial charge in [0.25, 0.3) is 5.89 Å². The quantitative estimate of drug-likeness (QED) is 0.598. The van der Waals surface area contributed by atoms with Crippen LogP contribution < -0.4 is 4.90 Å². The van der Waals surface area contributed by atoms with Gasteiger partial charge in [0.2, 0.25) is 0 Å². The molecular formula is C23H30N4O7. The lowest BCUT2D eigenvalue weighted by atomic mass is 10.1. The van der Waals surface area contributed by atoms with Crippen molar-refractivity contribution in [1.29, 1.82) is 0 Å². The highest BCUT2D eigenvalue weighted by Gasteiger charge is 2.26. The standard InChI is InChI=1S/C19H26N4O3.C4H4O4/c1-13(2)23-11-9-15(10-12-23)25-19(24)22(4)17-8-6-5-7-16(17)18-20-14(3)21-26-18;5-3(6)1-2-4(7)8/h5-8,13,15H,9-12H2,1-4H3;1-2H,(H,5,6)(H,7,8)/b;2-1-. The summed E-state index contributed by atoms with van der Waals surface area (Å²) in [6.07, 6.45) is 2.43. The van der Waals surface area contributed by atoms with Crippen LogP contribution in [0.2, 0.25) is 0 Å². The molecule has 1 aromatic carbocycles. The molecule has 2 heterocycles. The number of benzene rings is 1. The van der Waals surface area contributed by atoms with Crippen molar-refractivity contribution < 1.29 is 33.9 Å². The fourth-order valence-electron chi connectivity index (χ4n) is 3.33. The summed E-state index contributed by atoms with van der Waals surface area (Å²) >= 11 is 0. The Morgan fingerprint density at radius 3 is 2.24 bits per heavy atom. The number of hydrogen-bond donors (Lipinski definition) is 2. The Morgan fingerprint density at radius 2 is 1.74 bits per heavy atom. The summed E-state index contributed by atoms with van der Waals surface area (Å²) in [5.74, 6) is -1.57. The Labute approximate surface area is 197 Å². The third-order valence-electron chi connectivity index (χ3n) is 5.14. The molecule has 0 saturated carbocycles. The van der Waals surface area contributed by atoms with Crippen LogP contribution in [0.25, 0.3) is 11.5 Å². The number of carbonyl (C=O) groups is 3. The number of aliphatic carboxylic acids is 2. The van der Waals surface area contributed by atoms with Gasteiger partial charge in [-0.1, -0.05) is 17.3 Å². The van der Waals surface area contributed by atoms with Crippen molar-refractivity contribution >= 4 is 23.7 Å². The van der Waals surface area contributed by atoms with Crippen molar-refractivity contribution in [1.82, 2.24) is 15.0 Å². The van der Waals surface area contributed by atoms with E-state index in [0.717, 1.165) is 25.9 Å². The molecule has 1 amide bonds. The van der Waals surface area contributed by atoms with E-state index in [4.69, 9.17) is 19.5 Å². The van der Waals surface area contributed by atoms with E-state index in [1.54, 1.807) is 14.0 Å². The van der Waals surface area contributed by atoms with E-state index in [1.165, 1.54) is 4.90 Å². The van der Waals surface area contributed by atoms with Crippen LogP contribution in [0.15, 0.2) is 40.9 Å². The average molecular weight is 475 g/mol. The summed E-state index contributed by atoms with van der Waals surface area (Å²) in [7, 11) is 1.70. The Hall–Kier alpha value is -3.73. The molecule has 34 heavy (non-hydrogen) atoms. The minimum atomic E-state index is -1.26. The van der Waals surface area contributed by atoms with Crippen LogP contribution in [0.4, 0.5) is 10.5 Å². The van der Waals surface area contributed by atoms with Gasteiger partial charge in [-0.3, -0.25) is 4.90 Å². The second kappa shape index (κ2) is 12.5.